The molecule has 1 aliphatic heterocycles. The van der Waals surface area contributed by atoms with E-state index in [2.05, 4.69) is 22.9 Å². The normalized spacial score (nSPS) is 25.1. The van der Waals surface area contributed by atoms with Gasteiger partial charge in [0.2, 0.25) is 0 Å². The summed E-state index contributed by atoms with van der Waals surface area (Å²) in [5.41, 5.74) is 0. The van der Waals surface area contributed by atoms with Crippen LogP contribution in [0.1, 0.15) is 23.0 Å². The summed E-state index contributed by atoms with van der Waals surface area (Å²) < 4.78 is 0.846. The molecule has 0 saturated carbocycles. The first-order chi connectivity index (χ1) is 7.65. The van der Waals surface area contributed by atoms with Gasteiger partial charge in [0.25, 0.3) is 5.91 Å². The van der Waals surface area contributed by atoms with Crippen molar-refractivity contribution < 1.29 is 9.90 Å². The van der Waals surface area contributed by atoms with E-state index in [0.717, 1.165) is 22.3 Å². The topological polar surface area (TPSA) is 40.5 Å². The molecule has 1 saturated heterocycles. The zero-order valence-corrected chi connectivity index (χ0v) is 11.4. The van der Waals surface area contributed by atoms with Gasteiger partial charge in [-0.15, -0.1) is 11.3 Å². The number of hydrogen-bond donors (Lipinski definition) is 1. The van der Waals surface area contributed by atoms with E-state index in [1.807, 2.05) is 11.4 Å². The molecule has 0 aromatic carbocycles. The molecule has 5 heteroatoms. The quantitative estimate of drug-likeness (QED) is 0.911. The molecule has 2 unspecified atom stereocenters. The fraction of sp³-hybridized carbons (Fsp3) is 0.545. The lowest BCUT2D eigenvalue weighted by Gasteiger charge is -2.24. The summed E-state index contributed by atoms with van der Waals surface area (Å²) in [5.74, 6) is 0.415. The molecule has 16 heavy (non-hydrogen) atoms. The van der Waals surface area contributed by atoms with Gasteiger partial charge in [0, 0.05) is 11.0 Å². The molecule has 0 aliphatic carbocycles. The van der Waals surface area contributed by atoms with E-state index in [1.165, 1.54) is 11.3 Å². The number of carbonyl (C=O) groups is 1. The standard InChI is InChI=1S/C11H14BrNO2S/c1-7-2-4-13(9(7)6-14)11(15)10-8(12)3-5-16-10/h3,5,7,9,14H,2,4,6H2,1H3. The summed E-state index contributed by atoms with van der Waals surface area (Å²) in [7, 11) is 0. The maximum Gasteiger partial charge on any atom is 0.265 e. The number of likely N-dealkylation sites (tertiary alicyclic amines) is 1. The van der Waals surface area contributed by atoms with Crippen LogP contribution in [0.4, 0.5) is 0 Å². The maximum atomic E-state index is 12.2. The zero-order chi connectivity index (χ0) is 11.7. The lowest BCUT2D eigenvalue weighted by Crippen LogP contribution is -2.39. The molecule has 3 nitrogen and oxygen atoms in total. The predicted octanol–water partition coefficient (Wildman–Crippen LogP) is 2.35. The van der Waals surface area contributed by atoms with Crippen LogP contribution in [0.3, 0.4) is 0 Å². The van der Waals surface area contributed by atoms with Crippen LogP contribution >= 0.6 is 27.3 Å². The highest BCUT2D eigenvalue weighted by atomic mass is 79.9. The molecule has 1 aliphatic rings. The Labute approximate surface area is 107 Å². The summed E-state index contributed by atoms with van der Waals surface area (Å²) in [6, 6.07) is 1.85. The summed E-state index contributed by atoms with van der Waals surface area (Å²) in [5, 5.41) is 11.2. The van der Waals surface area contributed by atoms with Gasteiger partial charge in [-0.25, -0.2) is 0 Å². The van der Waals surface area contributed by atoms with Gasteiger partial charge >= 0.3 is 0 Å². The van der Waals surface area contributed by atoms with Crippen molar-refractivity contribution in [2.24, 2.45) is 5.92 Å². The minimum atomic E-state index is -0.0264. The van der Waals surface area contributed by atoms with Crippen molar-refractivity contribution in [1.82, 2.24) is 4.90 Å². The molecular formula is C11H14BrNO2S. The number of aliphatic hydroxyl groups is 1. The summed E-state index contributed by atoms with van der Waals surface area (Å²) in [4.78, 5) is 14.8. The second-order valence-electron chi connectivity index (χ2n) is 4.11. The smallest absolute Gasteiger partial charge is 0.265 e. The predicted molar refractivity (Wildman–Crippen MR) is 67.7 cm³/mol. The Balaban J connectivity index is 2.20. The third-order valence-electron chi connectivity index (χ3n) is 3.14. The number of rotatable bonds is 2. The lowest BCUT2D eigenvalue weighted by molar-refractivity contribution is 0.0652. The minimum Gasteiger partial charge on any atom is -0.394 e. The van der Waals surface area contributed by atoms with Gasteiger partial charge < -0.3 is 10.0 Å². The highest BCUT2D eigenvalue weighted by molar-refractivity contribution is 9.10. The fourth-order valence-electron chi connectivity index (χ4n) is 2.12. The van der Waals surface area contributed by atoms with Crippen molar-refractivity contribution in [2.75, 3.05) is 13.2 Å². The molecule has 0 spiro atoms. The Morgan fingerprint density at radius 3 is 3.06 bits per heavy atom. The molecule has 1 fully saturated rings. The maximum absolute atomic E-state index is 12.2. The molecule has 2 atom stereocenters. The van der Waals surface area contributed by atoms with Crippen LogP contribution in [0.15, 0.2) is 15.9 Å². The van der Waals surface area contributed by atoms with E-state index < -0.39 is 0 Å². The van der Waals surface area contributed by atoms with E-state index >= 15 is 0 Å². The monoisotopic (exact) mass is 303 g/mol. The first kappa shape index (κ1) is 12.1. The number of hydrogen-bond acceptors (Lipinski definition) is 3. The van der Waals surface area contributed by atoms with Crippen LogP contribution in [0.25, 0.3) is 0 Å². The van der Waals surface area contributed by atoms with Gasteiger partial charge in [0.1, 0.15) is 4.88 Å². The largest absolute Gasteiger partial charge is 0.394 e. The van der Waals surface area contributed by atoms with E-state index in [4.69, 9.17) is 0 Å². The third kappa shape index (κ3) is 2.04. The van der Waals surface area contributed by atoms with Crippen LogP contribution in [-0.2, 0) is 0 Å². The Morgan fingerprint density at radius 2 is 2.50 bits per heavy atom. The van der Waals surface area contributed by atoms with Crippen molar-refractivity contribution in [2.45, 2.75) is 19.4 Å². The van der Waals surface area contributed by atoms with Crippen molar-refractivity contribution in [1.29, 1.82) is 0 Å². The average Bonchev–Trinajstić information content (AvgIpc) is 2.83. The van der Waals surface area contributed by atoms with Crippen LogP contribution in [0.2, 0.25) is 0 Å². The van der Waals surface area contributed by atoms with Gasteiger partial charge in [-0.05, 0) is 39.7 Å². The van der Waals surface area contributed by atoms with Gasteiger partial charge in [0.15, 0.2) is 0 Å². The van der Waals surface area contributed by atoms with Crippen LogP contribution in [-0.4, -0.2) is 35.1 Å². The number of halogens is 1. The summed E-state index contributed by atoms with van der Waals surface area (Å²) in [6.45, 7) is 2.88. The van der Waals surface area contributed by atoms with Gasteiger partial charge in [-0.2, -0.15) is 0 Å². The summed E-state index contributed by atoms with van der Waals surface area (Å²) >= 11 is 4.81. The molecule has 0 bridgehead atoms. The van der Waals surface area contributed by atoms with Crippen molar-refractivity contribution in [3.8, 4) is 0 Å². The molecule has 1 aromatic rings. The molecule has 0 radical (unpaired) electrons. The minimum absolute atomic E-state index is 0.0264. The average molecular weight is 304 g/mol. The van der Waals surface area contributed by atoms with E-state index in [0.29, 0.717) is 5.92 Å². The summed E-state index contributed by atoms with van der Waals surface area (Å²) in [6.07, 6.45) is 0.972. The van der Waals surface area contributed by atoms with Crippen LogP contribution in [0.5, 0.6) is 0 Å². The molecule has 2 rings (SSSR count). The second kappa shape index (κ2) is 4.85. The lowest BCUT2D eigenvalue weighted by atomic mass is 10.0. The molecule has 88 valence electrons. The Kier molecular flexibility index (Phi) is 3.66. The highest BCUT2D eigenvalue weighted by Gasteiger charge is 2.35. The second-order valence-corrected chi connectivity index (χ2v) is 5.88. The fourth-order valence-corrected chi connectivity index (χ4v) is 3.61. The Hall–Kier alpha value is -0.390. The molecular weight excluding hydrogens is 290 g/mol. The van der Waals surface area contributed by atoms with E-state index in [9.17, 15) is 9.90 Å². The van der Waals surface area contributed by atoms with Gasteiger partial charge in [-0.3, -0.25) is 4.79 Å². The molecule has 2 heterocycles. The first-order valence-electron chi connectivity index (χ1n) is 5.30. The molecule has 1 N–H and O–H groups in total. The molecule has 1 aromatic heterocycles. The van der Waals surface area contributed by atoms with Crippen molar-refractivity contribution in [3.63, 3.8) is 0 Å². The van der Waals surface area contributed by atoms with Crippen LogP contribution in [0, 0.1) is 5.92 Å². The number of thiophene rings is 1. The van der Waals surface area contributed by atoms with Crippen LogP contribution < -0.4 is 0 Å². The van der Waals surface area contributed by atoms with Crippen molar-refractivity contribution in [3.05, 3.63) is 20.8 Å². The Bertz CT molecular complexity index is 393. The van der Waals surface area contributed by atoms with Gasteiger partial charge in [0.05, 0.1) is 12.6 Å². The number of carbonyl (C=O) groups excluding carboxylic acids is 1. The van der Waals surface area contributed by atoms with Gasteiger partial charge in [-0.1, -0.05) is 6.92 Å². The Morgan fingerprint density at radius 1 is 1.75 bits per heavy atom. The number of aliphatic hydroxyl groups excluding tert-OH is 1. The zero-order valence-electron chi connectivity index (χ0n) is 9.02. The third-order valence-corrected chi connectivity index (χ3v) is 4.97. The molecule has 1 amide bonds. The van der Waals surface area contributed by atoms with E-state index in [1.54, 1.807) is 4.90 Å². The van der Waals surface area contributed by atoms with E-state index in [-0.39, 0.29) is 18.6 Å². The number of nitrogens with zero attached hydrogens (tertiary/aromatic N) is 1. The van der Waals surface area contributed by atoms with Crippen molar-refractivity contribution >= 4 is 33.2 Å². The SMILES string of the molecule is CC1CCN(C(=O)c2sccc2Br)C1CO. The number of amides is 1. The highest BCUT2D eigenvalue weighted by Crippen LogP contribution is 2.30. The first-order valence-corrected chi connectivity index (χ1v) is 6.97.